The van der Waals surface area contributed by atoms with Crippen LogP contribution in [-0.2, 0) is 4.74 Å². The Bertz CT molecular complexity index is 236. The lowest BCUT2D eigenvalue weighted by Crippen LogP contribution is -2.55. The topological polar surface area (TPSA) is 24.5 Å². The maximum atomic E-state index is 5.71. The molecule has 2 rings (SSSR count). The van der Waals surface area contributed by atoms with Crippen molar-refractivity contribution >= 4 is 0 Å². The molecule has 2 atom stereocenters. The van der Waals surface area contributed by atoms with Crippen LogP contribution in [0.5, 0.6) is 0 Å². The quantitative estimate of drug-likeness (QED) is 0.797. The van der Waals surface area contributed by atoms with E-state index in [1.807, 2.05) is 0 Å². The summed E-state index contributed by atoms with van der Waals surface area (Å²) in [4.78, 5) is 2.68. The predicted molar refractivity (Wildman–Crippen MR) is 71.3 cm³/mol. The lowest BCUT2D eigenvalue weighted by molar-refractivity contribution is -0.0415. The largest absolute Gasteiger partial charge is 0.380 e. The molecule has 0 spiro atoms. The minimum atomic E-state index is 0.275. The van der Waals surface area contributed by atoms with Gasteiger partial charge in [-0.2, -0.15) is 0 Å². The summed E-state index contributed by atoms with van der Waals surface area (Å²) in [7, 11) is 0. The third kappa shape index (κ3) is 3.21. The summed E-state index contributed by atoms with van der Waals surface area (Å²) in [6, 6.07) is 0.635. The fourth-order valence-corrected chi connectivity index (χ4v) is 3.06. The van der Waals surface area contributed by atoms with Crippen LogP contribution in [-0.4, -0.2) is 49.3 Å². The molecule has 2 heterocycles. The van der Waals surface area contributed by atoms with Crippen LogP contribution in [0.3, 0.4) is 0 Å². The first kappa shape index (κ1) is 13.3. The molecular weight excluding hydrogens is 212 g/mol. The summed E-state index contributed by atoms with van der Waals surface area (Å²) >= 11 is 0. The molecule has 0 saturated carbocycles. The molecule has 0 aromatic rings. The van der Waals surface area contributed by atoms with E-state index < -0.39 is 0 Å². The highest BCUT2D eigenvalue weighted by Gasteiger charge is 2.36. The molecule has 0 aliphatic carbocycles. The minimum absolute atomic E-state index is 0.275. The van der Waals surface area contributed by atoms with Gasteiger partial charge in [0.15, 0.2) is 0 Å². The third-order valence-corrected chi connectivity index (χ3v) is 4.41. The van der Waals surface area contributed by atoms with Crippen LogP contribution in [0.1, 0.15) is 40.0 Å². The van der Waals surface area contributed by atoms with Gasteiger partial charge in [-0.05, 0) is 38.6 Å². The molecule has 0 aromatic carbocycles. The summed E-state index contributed by atoms with van der Waals surface area (Å²) in [6.07, 6.45) is 3.77. The van der Waals surface area contributed by atoms with Gasteiger partial charge in [0, 0.05) is 31.3 Å². The first-order valence-corrected chi connectivity index (χ1v) is 7.18. The molecule has 3 nitrogen and oxygen atoms in total. The molecule has 2 unspecified atom stereocenters. The second-order valence-corrected chi connectivity index (χ2v) is 6.26. The van der Waals surface area contributed by atoms with Crippen LogP contribution < -0.4 is 5.32 Å². The zero-order valence-corrected chi connectivity index (χ0v) is 11.7. The zero-order chi connectivity index (χ0) is 12.3. The van der Waals surface area contributed by atoms with E-state index in [-0.39, 0.29) is 5.54 Å². The van der Waals surface area contributed by atoms with Crippen molar-refractivity contribution in [2.75, 3.05) is 32.8 Å². The summed E-state index contributed by atoms with van der Waals surface area (Å²) in [6.45, 7) is 12.5. The van der Waals surface area contributed by atoms with Gasteiger partial charge in [-0.15, -0.1) is 0 Å². The highest BCUT2D eigenvalue weighted by atomic mass is 16.5. The molecule has 0 aromatic heterocycles. The van der Waals surface area contributed by atoms with Gasteiger partial charge in [0.25, 0.3) is 0 Å². The first-order valence-electron chi connectivity index (χ1n) is 7.18. The van der Waals surface area contributed by atoms with E-state index >= 15 is 0 Å². The normalized spacial score (nSPS) is 37.1. The van der Waals surface area contributed by atoms with E-state index in [2.05, 4.69) is 31.0 Å². The molecule has 0 bridgehead atoms. The molecule has 2 saturated heterocycles. The van der Waals surface area contributed by atoms with E-state index in [0.29, 0.717) is 12.0 Å². The maximum Gasteiger partial charge on any atom is 0.0647 e. The van der Waals surface area contributed by atoms with Gasteiger partial charge >= 0.3 is 0 Å². The first-order chi connectivity index (χ1) is 8.12. The average Bonchev–Trinajstić information content (AvgIpc) is 2.56. The van der Waals surface area contributed by atoms with Crippen LogP contribution in [0, 0.1) is 5.92 Å². The van der Waals surface area contributed by atoms with Crippen molar-refractivity contribution in [3.63, 3.8) is 0 Å². The van der Waals surface area contributed by atoms with Crippen molar-refractivity contribution in [3.8, 4) is 0 Å². The second kappa shape index (κ2) is 5.68. The summed E-state index contributed by atoms with van der Waals surface area (Å²) in [5.41, 5.74) is 0.275. The van der Waals surface area contributed by atoms with Crippen molar-refractivity contribution in [3.05, 3.63) is 0 Å². The smallest absolute Gasteiger partial charge is 0.0647 e. The standard InChI is InChI=1S/C14H28N2O/c1-12(2)13-10-16(8-5-7-15-13)14(3)6-4-9-17-11-14/h12-13,15H,4-11H2,1-3H3. The van der Waals surface area contributed by atoms with E-state index in [1.54, 1.807) is 0 Å². The molecule has 2 fully saturated rings. The van der Waals surface area contributed by atoms with E-state index in [9.17, 15) is 0 Å². The number of hydrogen-bond acceptors (Lipinski definition) is 3. The van der Waals surface area contributed by atoms with Crippen molar-refractivity contribution in [2.45, 2.75) is 51.6 Å². The Morgan fingerprint density at radius 2 is 2.18 bits per heavy atom. The Balaban J connectivity index is 2.02. The zero-order valence-electron chi connectivity index (χ0n) is 11.7. The molecule has 3 heteroatoms. The predicted octanol–water partition coefficient (Wildman–Crippen LogP) is 1.88. The summed E-state index contributed by atoms with van der Waals surface area (Å²) < 4.78 is 5.71. The number of hydrogen-bond donors (Lipinski definition) is 1. The molecule has 100 valence electrons. The van der Waals surface area contributed by atoms with Gasteiger partial charge in [0.2, 0.25) is 0 Å². The van der Waals surface area contributed by atoms with Gasteiger partial charge in [-0.1, -0.05) is 13.8 Å². The lowest BCUT2D eigenvalue weighted by Gasteiger charge is -2.44. The van der Waals surface area contributed by atoms with Crippen molar-refractivity contribution in [1.82, 2.24) is 10.2 Å². The van der Waals surface area contributed by atoms with Crippen molar-refractivity contribution in [1.29, 1.82) is 0 Å². The van der Waals surface area contributed by atoms with Crippen LogP contribution in [0.2, 0.25) is 0 Å². The molecule has 2 aliphatic heterocycles. The fraction of sp³-hybridized carbons (Fsp3) is 1.00. The number of ether oxygens (including phenoxy) is 1. The Morgan fingerprint density at radius 1 is 1.35 bits per heavy atom. The SMILES string of the molecule is CC(C)C1CN(C2(C)CCCOC2)CCCN1. The summed E-state index contributed by atoms with van der Waals surface area (Å²) in [5.74, 6) is 0.712. The number of nitrogens with one attached hydrogen (secondary N) is 1. The van der Waals surface area contributed by atoms with Crippen molar-refractivity contribution < 1.29 is 4.74 Å². The molecule has 0 radical (unpaired) electrons. The molecule has 2 aliphatic rings. The van der Waals surface area contributed by atoms with Crippen LogP contribution in [0.15, 0.2) is 0 Å². The number of rotatable bonds is 2. The Kier molecular flexibility index (Phi) is 4.45. The maximum absolute atomic E-state index is 5.71. The second-order valence-electron chi connectivity index (χ2n) is 6.26. The fourth-order valence-electron chi connectivity index (χ4n) is 3.06. The molecule has 0 amide bonds. The van der Waals surface area contributed by atoms with Gasteiger partial charge in [0.1, 0.15) is 0 Å². The van der Waals surface area contributed by atoms with Crippen molar-refractivity contribution in [2.24, 2.45) is 5.92 Å². The summed E-state index contributed by atoms with van der Waals surface area (Å²) in [5, 5.41) is 3.68. The number of nitrogens with zero attached hydrogens (tertiary/aromatic N) is 1. The Labute approximate surface area is 106 Å². The lowest BCUT2D eigenvalue weighted by atomic mass is 9.91. The van der Waals surface area contributed by atoms with E-state index in [4.69, 9.17) is 4.74 Å². The minimum Gasteiger partial charge on any atom is -0.380 e. The van der Waals surface area contributed by atoms with Gasteiger partial charge < -0.3 is 10.1 Å². The molecular formula is C14H28N2O. The Morgan fingerprint density at radius 3 is 2.82 bits per heavy atom. The molecule has 17 heavy (non-hydrogen) atoms. The van der Waals surface area contributed by atoms with Crippen LogP contribution >= 0.6 is 0 Å². The van der Waals surface area contributed by atoms with Gasteiger partial charge in [-0.25, -0.2) is 0 Å². The van der Waals surface area contributed by atoms with E-state index in [0.717, 1.165) is 19.8 Å². The molecule has 1 N–H and O–H groups in total. The van der Waals surface area contributed by atoms with Gasteiger partial charge in [0.05, 0.1) is 6.61 Å². The highest BCUT2D eigenvalue weighted by Crippen LogP contribution is 2.27. The van der Waals surface area contributed by atoms with E-state index in [1.165, 1.54) is 32.4 Å². The van der Waals surface area contributed by atoms with Gasteiger partial charge in [-0.3, -0.25) is 4.90 Å². The highest BCUT2D eigenvalue weighted by molar-refractivity contribution is 4.92. The Hall–Kier alpha value is -0.120. The van der Waals surface area contributed by atoms with Crippen LogP contribution in [0.25, 0.3) is 0 Å². The average molecular weight is 240 g/mol. The third-order valence-electron chi connectivity index (χ3n) is 4.41. The van der Waals surface area contributed by atoms with Crippen LogP contribution in [0.4, 0.5) is 0 Å². The monoisotopic (exact) mass is 240 g/mol.